The molecular formula is C10H12ClIO3. The molecule has 0 unspecified atom stereocenters. The fourth-order valence-corrected chi connectivity index (χ4v) is 2.52. The zero-order valence-electron chi connectivity index (χ0n) is 8.77. The Morgan fingerprint density at radius 1 is 1.13 bits per heavy atom. The van der Waals surface area contributed by atoms with Crippen molar-refractivity contribution in [1.29, 1.82) is 0 Å². The van der Waals surface area contributed by atoms with Crippen LogP contribution in [0, 0.1) is 3.57 Å². The monoisotopic (exact) mass is 342 g/mol. The molecule has 0 fully saturated rings. The average Bonchev–Trinajstić information content (AvgIpc) is 2.28. The third-order valence-corrected chi connectivity index (χ3v) is 3.46. The molecule has 0 saturated heterocycles. The normalized spacial score (nSPS) is 9.93. The summed E-state index contributed by atoms with van der Waals surface area (Å²) in [6, 6.07) is 1.86. The second-order valence-electron chi connectivity index (χ2n) is 2.75. The van der Waals surface area contributed by atoms with E-state index in [2.05, 4.69) is 22.6 Å². The molecule has 3 nitrogen and oxygen atoms in total. The van der Waals surface area contributed by atoms with Gasteiger partial charge in [-0.2, -0.15) is 0 Å². The number of hydrogen-bond acceptors (Lipinski definition) is 3. The lowest BCUT2D eigenvalue weighted by molar-refractivity contribution is 0.322. The van der Waals surface area contributed by atoms with Crippen molar-refractivity contribution in [2.24, 2.45) is 0 Å². The van der Waals surface area contributed by atoms with Crippen LogP contribution in [0.3, 0.4) is 0 Å². The van der Waals surface area contributed by atoms with E-state index in [1.807, 2.05) is 6.07 Å². The van der Waals surface area contributed by atoms with Crippen LogP contribution in [-0.2, 0) is 5.88 Å². The summed E-state index contributed by atoms with van der Waals surface area (Å²) in [5, 5.41) is 0. The Morgan fingerprint density at radius 2 is 1.73 bits per heavy atom. The van der Waals surface area contributed by atoms with Crippen LogP contribution >= 0.6 is 34.2 Å². The molecular weight excluding hydrogens is 330 g/mol. The van der Waals surface area contributed by atoms with Crippen molar-refractivity contribution in [3.63, 3.8) is 0 Å². The van der Waals surface area contributed by atoms with Crippen LogP contribution in [0.4, 0.5) is 0 Å². The minimum Gasteiger partial charge on any atom is -0.493 e. The van der Waals surface area contributed by atoms with Crippen molar-refractivity contribution in [2.75, 3.05) is 21.3 Å². The van der Waals surface area contributed by atoms with Crippen LogP contribution in [0.2, 0.25) is 0 Å². The molecule has 0 spiro atoms. The zero-order chi connectivity index (χ0) is 11.4. The largest absolute Gasteiger partial charge is 0.493 e. The fourth-order valence-electron chi connectivity index (χ4n) is 1.27. The third-order valence-electron chi connectivity index (χ3n) is 1.99. The predicted molar refractivity (Wildman–Crippen MR) is 68.4 cm³/mol. The van der Waals surface area contributed by atoms with Gasteiger partial charge in [-0.05, 0) is 34.2 Å². The van der Waals surface area contributed by atoms with Crippen LogP contribution in [-0.4, -0.2) is 21.3 Å². The van der Waals surface area contributed by atoms with Gasteiger partial charge in [0.25, 0.3) is 0 Å². The molecule has 0 amide bonds. The zero-order valence-corrected chi connectivity index (χ0v) is 11.7. The quantitative estimate of drug-likeness (QED) is 0.622. The van der Waals surface area contributed by atoms with Crippen molar-refractivity contribution in [1.82, 2.24) is 0 Å². The van der Waals surface area contributed by atoms with E-state index in [0.29, 0.717) is 23.1 Å². The lowest BCUT2D eigenvalue weighted by Gasteiger charge is -2.15. The Hall–Kier alpha value is -0.360. The molecule has 0 N–H and O–H groups in total. The number of rotatable bonds is 4. The van der Waals surface area contributed by atoms with E-state index in [1.54, 1.807) is 21.3 Å². The van der Waals surface area contributed by atoms with Crippen molar-refractivity contribution in [3.8, 4) is 17.2 Å². The molecule has 0 aliphatic rings. The van der Waals surface area contributed by atoms with Gasteiger partial charge in [-0.1, -0.05) is 0 Å². The molecule has 5 heteroatoms. The maximum absolute atomic E-state index is 5.83. The molecule has 0 aromatic heterocycles. The first-order chi connectivity index (χ1) is 7.19. The Bertz CT molecular complexity index is 355. The first kappa shape index (κ1) is 12.7. The fraction of sp³-hybridized carbons (Fsp3) is 0.400. The van der Waals surface area contributed by atoms with E-state index in [1.165, 1.54) is 0 Å². The molecule has 0 atom stereocenters. The molecule has 1 aromatic rings. The van der Waals surface area contributed by atoms with Gasteiger partial charge in [-0.3, -0.25) is 0 Å². The van der Waals surface area contributed by atoms with E-state index in [0.717, 1.165) is 9.13 Å². The van der Waals surface area contributed by atoms with E-state index in [-0.39, 0.29) is 0 Å². The molecule has 1 rings (SSSR count). The molecule has 1 aromatic carbocycles. The summed E-state index contributed by atoms with van der Waals surface area (Å²) < 4.78 is 16.7. The highest BCUT2D eigenvalue weighted by Crippen LogP contribution is 2.42. The highest BCUT2D eigenvalue weighted by molar-refractivity contribution is 14.1. The Morgan fingerprint density at radius 3 is 2.13 bits per heavy atom. The molecule has 0 saturated carbocycles. The van der Waals surface area contributed by atoms with Crippen molar-refractivity contribution in [3.05, 3.63) is 15.2 Å². The Labute approximate surface area is 108 Å². The van der Waals surface area contributed by atoms with E-state index >= 15 is 0 Å². The van der Waals surface area contributed by atoms with Crippen molar-refractivity contribution in [2.45, 2.75) is 5.88 Å². The first-order valence-corrected chi connectivity index (χ1v) is 5.84. The number of ether oxygens (including phenoxy) is 3. The number of benzene rings is 1. The van der Waals surface area contributed by atoms with Gasteiger partial charge in [0.2, 0.25) is 5.75 Å². The summed E-state index contributed by atoms with van der Waals surface area (Å²) in [5.74, 6) is 2.30. The second-order valence-corrected chi connectivity index (χ2v) is 4.10. The van der Waals surface area contributed by atoms with Crippen molar-refractivity contribution >= 4 is 34.2 Å². The number of alkyl halides is 1. The third kappa shape index (κ3) is 2.42. The lowest BCUT2D eigenvalue weighted by Crippen LogP contribution is -1.99. The summed E-state index contributed by atoms with van der Waals surface area (Å²) in [4.78, 5) is 0. The molecule has 0 heterocycles. The summed E-state index contributed by atoms with van der Waals surface area (Å²) >= 11 is 8.01. The van der Waals surface area contributed by atoms with E-state index in [4.69, 9.17) is 25.8 Å². The first-order valence-electron chi connectivity index (χ1n) is 4.22. The van der Waals surface area contributed by atoms with Gasteiger partial charge >= 0.3 is 0 Å². The summed E-state index contributed by atoms with van der Waals surface area (Å²) in [6.45, 7) is 0. The molecule has 15 heavy (non-hydrogen) atoms. The van der Waals surface area contributed by atoms with Gasteiger partial charge < -0.3 is 14.2 Å². The Kier molecular flexibility index (Phi) is 4.79. The van der Waals surface area contributed by atoms with Crippen LogP contribution in [0.25, 0.3) is 0 Å². The van der Waals surface area contributed by atoms with Crippen LogP contribution < -0.4 is 14.2 Å². The topological polar surface area (TPSA) is 27.7 Å². The molecule has 84 valence electrons. The summed E-state index contributed by atoms with van der Waals surface area (Å²) in [7, 11) is 4.76. The van der Waals surface area contributed by atoms with Gasteiger partial charge in [0.05, 0.1) is 24.9 Å². The number of halogens is 2. The molecule has 0 aliphatic carbocycles. The predicted octanol–water partition coefficient (Wildman–Crippen LogP) is 3.06. The standard InChI is InChI=1S/C10H12ClIO3/c1-13-7-4-6(5-11)8(12)10(15-3)9(7)14-2/h4H,5H2,1-3H3. The van der Waals surface area contributed by atoms with Crippen molar-refractivity contribution < 1.29 is 14.2 Å². The Balaban J connectivity index is 3.43. The maximum Gasteiger partial charge on any atom is 0.204 e. The van der Waals surface area contributed by atoms with Gasteiger partial charge in [0.1, 0.15) is 0 Å². The van der Waals surface area contributed by atoms with Crippen LogP contribution in [0.15, 0.2) is 6.07 Å². The van der Waals surface area contributed by atoms with Gasteiger partial charge in [0, 0.05) is 5.88 Å². The lowest BCUT2D eigenvalue weighted by atomic mass is 10.2. The smallest absolute Gasteiger partial charge is 0.204 e. The van der Waals surface area contributed by atoms with E-state index < -0.39 is 0 Å². The minimum atomic E-state index is 0.412. The average molecular weight is 343 g/mol. The highest BCUT2D eigenvalue weighted by atomic mass is 127. The van der Waals surface area contributed by atoms with Crippen LogP contribution in [0.5, 0.6) is 17.2 Å². The van der Waals surface area contributed by atoms with Gasteiger partial charge in [-0.25, -0.2) is 0 Å². The number of hydrogen-bond donors (Lipinski definition) is 0. The summed E-state index contributed by atoms with van der Waals surface area (Å²) in [5.41, 5.74) is 0.965. The number of methoxy groups -OCH3 is 3. The van der Waals surface area contributed by atoms with E-state index in [9.17, 15) is 0 Å². The van der Waals surface area contributed by atoms with Gasteiger partial charge in [0.15, 0.2) is 11.5 Å². The highest BCUT2D eigenvalue weighted by Gasteiger charge is 2.18. The maximum atomic E-state index is 5.83. The van der Waals surface area contributed by atoms with Gasteiger partial charge in [-0.15, -0.1) is 11.6 Å². The molecule has 0 bridgehead atoms. The molecule has 0 radical (unpaired) electrons. The van der Waals surface area contributed by atoms with Crippen LogP contribution in [0.1, 0.15) is 5.56 Å². The summed E-state index contributed by atoms with van der Waals surface area (Å²) in [6.07, 6.45) is 0. The minimum absolute atomic E-state index is 0.412. The SMILES string of the molecule is COc1cc(CCl)c(I)c(OC)c1OC. The second kappa shape index (κ2) is 5.65. The molecule has 0 aliphatic heterocycles.